The molecule has 2 atom stereocenters. The quantitative estimate of drug-likeness (QED) is 0.572. The number of carbonyl (C=O) groups excluding carboxylic acids is 1. The van der Waals surface area contributed by atoms with Crippen LogP contribution in [0.1, 0.15) is 51.4 Å². The number of rotatable bonds is 9. The molecule has 2 unspecified atom stereocenters. The predicted molar refractivity (Wildman–Crippen MR) is 86.8 cm³/mol. The van der Waals surface area contributed by atoms with Crippen molar-refractivity contribution in [2.75, 3.05) is 18.6 Å². The molecule has 1 saturated carbocycles. The number of unbranched alkanes of at least 4 members (excludes halogenated alkanes) is 3. The summed E-state index contributed by atoms with van der Waals surface area (Å²) in [6, 6.07) is -0.449. The summed E-state index contributed by atoms with van der Waals surface area (Å²) >= 11 is 1.86. The van der Waals surface area contributed by atoms with Gasteiger partial charge in [0.15, 0.2) is 0 Å². The molecule has 1 fully saturated rings. The van der Waals surface area contributed by atoms with Crippen LogP contribution in [0, 0.1) is 5.92 Å². The predicted octanol–water partition coefficient (Wildman–Crippen LogP) is 2.85. The molecule has 3 N–H and O–H groups in total. The van der Waals surface area contributed by atoms with E-state index in [4.69, 9.17) is 5.11 Å². The molecule has 0 radical (unpaired) electrons. The number of amides is 2. The number of hydrogen-bond donors (Lipinski definition) is 3. The standard InChI is InChI=1S/C15H28N2O3S/c1-21-11-7-3-2-6-10-16-15(20)17-13-9-5-4-8-12(13)14(18)19/h12-13H,2-11H2,1H3,(H,18,19)(H2,16,17,20). The molecule has 0 aromatic rings. The van der Waals surface area contributed by atoms with Gasteiger partial charge in [0.1, 0.15) is 0 Å². The third-order valence-electron chi connectivity index (χ3n) is 3.96. The van der Waals surface area contributed by atoms with E-state index in [1.807, 2.05) is 11.8 Å². The SMILES string of the molecule is CSCCCCCCNC(=O)NC1CCCCC1C(=O)O. The first-order valence-electron chi connectivity index (χ1n) is 7.91. The minimum Gasteiger partial charge on any atom is -0.481 e. The molecule has 1 rings (SSSR count). The number of nitrogens with one attached hydrogen (secondary N) is 2. The second-order valence-electron chi connectivity index (χ2n) is 5.64. The Hall–Kier alpha value is -0.910. The van der Waals surface area contributed by atoms with E-state index in [9.17, 15) is 9.59 Å². The zero-order valence-corrected chi connectivity index (χ0v) is 13.7. The summed E-state index contributed by atoms with van der Waals surface area (Å²) in [6.07, 6.45) is 10.0. The van der Waals surface area contributed by atoms with Crippen LogP contribution in [0.2, 0.25) is 0 Å². The first-order valence-corrected chi connectivity index (χ1v) is 9.30. The average molecular weight is 316 g/mol. The van der Waals surface area contributed by atoms with Crippen molar-refractivity contribution in [1.29, 1.82) is 0 Å². The lowest BCUT2D eigenvalue weighted by Crippen LogP contribution is -2.48. The van der Waals surface area contributed by atoms with Crippen molar-refractivity contribution in [2.45, 2.75) is 57.4 Å². The Labute approximate surface area is 131 Å². The van der Waals surface area contributed by atoms with Crippen LogP contribution in [0.25, 0.3) is 0 Å². The summed E-state index contributed by atoms with van der Waals surface area (Å²) in [5.41, 5.74) is 0. The van der Waals surface area contributed by atoms with Gasteiger partial charge in [0.05, 0.1) is 5.92 Å². The third kappa shape index (κ3) is 7.60. The van der Waals surface area contributed by atoms with Gasteiger partial charge in [0.2, 0.25) is 0 Å². The Balaban J connectivity index is 2.13. The minimum absolute atomic E-state index is 0.224. The summed E-state index contributed by atoms with van der Waals surface area (Å²) in [5, 5.41) is 14.8. The molecule has 0 aliphatic heterocycles. The molecule has 21 heavy (non-hydrogen) atoms. The van der Waals surface area contributed by atoms with E-state index >= 15 is 0 Å². The number of hydrogen-bond acceptors (Lipinski definition) is 3. The summed E-state index contributed by atoms with van der Waals surface area (Å²) in [7, 11) is 0. The minimum atomic E-state index is -0.797. The molecule has 0 bridgehead atoms. The van der Waals surface area contributed by atoms with Gasteiger partial charge in [-0.1, -0.05) is 25.7 Å². The number of aliphatic carboxylic acids is 1. The molecule has 0 aromatic heterocycles. The van der Waals surface area contributed by atoms with Crippen molar-refractivity contribution in [3.8, 4) is 0 Å². The molecule has 6 heteroatoms. The first kappa shape index (κ1) is 18.1. The highest BCUT2D eigenvalue weighted by molar-refractivity contribution is 7.98. The van der Waals surface area contributed by atoms with Crippen molar-refractivity contribution < 1.29 is 14.7 Å². The maximum atomic E-state index is 11.8. The lowest BCUT2D eigenvalue weighted by atomic mass is 9.84. The summed E-state index contributed by atoms with van der Waals surface area (Å²) in [4.78, 5) is 23.0. The number of thioether (sulfide) groups is 1. The van der Waals surface area contributed by atoms with E-state index in [1.54, 1.807) is 0 Å². The summed E-state index contributed by atoms with van der Waals surface area (Å²) in [6.45, 7) is 0.662. The summed E-state index contributed by atoms with van der Waals surface area (Å²) in [5.74, 6) is -0.0311. The Morgan fingerprint density at radius 3 is 2.57 bits per heavy atom. The third-order valence-corrected chi connectivity index (χ3v) is 4.66. The Morgan fingerprint density at radius 1 is 1.14 bits per heavy atom. The molecule has 0 aromatic carbocycles. The van der Waals surface area contributed by atoms with E-state index < -0.39 is 11.9 Å². The highest BCUT2D eigenvalue weighted by atomic mass is 32.2. The van der Waals surface area contributed by atoms with Crippen LogP contribution >= 0.6 is 11.8 Å². The fraction of sp³-hybridized carbons (Fsp3) is 0.867. The highest BCUT2D eigenvalue weighted by Gasteiger charge is 2.31. The van der Waals surface area contributed by atoms with E-state index in [0.29, 0.717) is 13.0 Å². The molecule has 1 aliphatic carbocycles. The molecule has 0 heterocycles. The summed E-state index contributed by atoms with van der Waals surface area (Å²) < 4.78 is 0. The van der Waals surface area contributed by atoms with Gasteiger partial charge in [0.25, 0.3) is 0 Å². The Morgan fingerprint density at radius 2 is 1.86 bits per heavy atom. The normalized spacial score (nSPS) is 21.8. The second-order valence-corrected chi connectivity index (χ2v) is 6.63. The topological polar surface area (TPSA) is 78.4 Å². The number of carboxylic acids is 1. The van der Waals surface area contributed by atoms with Gasteiger partial charge in [-0.25, -0.2) is 4.79 Å². The highest BCUT2D eigenvalue weighted by Crippen LogP contribution is 2.24. The molecule has 5 nitrogen and oxygen atoms in total. The maximum Gasteiger partial charge on any atom is 0.315 e. The van der Waals surface area contributed by atoms with Crippen LogP contribution in [0.15, 0.2) is 0 Å². The van der Waals surface area contributed by atoms with Crippen molar-refractivity contribution in [3.05, 3.63) is 0 Å². The molecule has 1 aliphatic rings. The lowest BCUT2D eigenvalue weighted by Gasteiger charge is -2.29. The van der Waals surface area contributed by atoms with Crippen molar-refractivity contribution in [1.82, 2.24) is 10.6 Å². The van der Waals surface area contributed by atoms with Gasteiger partial charge < -0.3 is 15.7 Å². The van der Waals surface area contributed by atoms with E-state index in [1.165, 1.54) is 18.6 Å². The number of carbonyl (C=O) groups is 2. The van der Waals surface area contributed by atoms with Crippen LogP contribution in [0.4, 0.5) is 4.79 Å². The van der Waals surface area contributed by atoms with Crippen LogP contribution in [-0.2, 0) is 4.79 Å². The average Bonchev–Trinajstić information content (AvgIpc) is 2.46. The molecule has 2 amide bonds. The largest absolute Gasteiger partial charge is 0.481 e. The zero-order chi connectivity index (χ0) is 15.5. The zero-order valence-electron chi connectivity index (χ0n) is 12.9. The molecule has 0 spiro atoms. The van der Waals surface area contributed by atoms with Gasteiger partial charge in [-0.15, -0.1) is 0 Å². The Kier molecular flexibility index (Phi) is 9.30. The maximum absolute atomic E-state index is 11.8. The van der Waals surface area contributed by atoms with Gasteiger partial charge >= 0.3 is 12.0 Å². The van der Waals surface area contributed by atoms with E-state index in [2.05, 4.69) is 16.9 Å². The fourth-order valence-electron chi connectivity index (χ4n) is 2.75. The van der Waals surface area contributed by atoms with Gasteiger partial charge in [-0.2, -0.15) is 11.8 Å². The monoisotopic (exact) mass is 316 g/mol. The van der Waals surface area contributed by atoms with Gasteiger partial charge in [-0.3, -0.25) is 4.79 Å². The van der Waals surface area contributed by atoms with Gasteiger partial charge in [0, 0.05) is 12.6 Å². The molecular weight excluding hydrogens is 288 g/mol. The second kappa shape index (κ2) is 10.8. The molecular formula is C15H28N2O3S. The fourth-order valence-corrected chi connectivity index (χ4v) is 3.24. The van der Waals surface area contributed by atoms with Crippen LogP contribution < -0.4 is 10.6 Å². The number of carboxylic acid groups (broad SMARTS) is 1. The van der Waals surface area contributed by atoms with Crippen molar-refractivity contribution >= 4 is 23.8 Å². The molecule has 122 valence electrons. The Bertz CT molecular complexity index is 326. The van der Waals surface area contributed by atoms with Crippen molar-refractivity contribution in [2.24, 2.45) is 5.92 Å². The van der Waals surface area contributed by atoms with Crippen LogP contribution in [0.3, 0.4) is 0 Å². The van der Waals surface area contributed by atoms with Crippen molar-refractivity contribution in [3.63, 3.8) is 0 Å². The van der Waals surface area contributed by atoms with Crippen LogP contribution in [0.5, 0.6) is 0 Å². The number of urea groups is 1. The van der Waals surface area contributed by atoms with E-state index in [-0.39, 0.29) is 12.1 Å². The lowest BCUT2D eigenvalue weighted by molar-refractivity contribution is -0.143. The van der Waals surface area contributed by atoms with E-state index in [0.717, 1.165) is 32.1 Å². The first-order chi connectivity index (χ1) is 10.1. The molecule has 0 saturated heterocycles. The smallest absolute Gasteiger partial charge is 0.315 e. The van der Waals surface area contributed by atoms with Crippen LogP contribution in [-0.4, -0.2) is 41.7 Å². The van der Waals surface area contributed by atoms with Gasteiger partial charge in [-0.05, 0) is 37.7 Å².